The van der Waals surface area contributed by atoms with Crippen molar-refractivity contribution in [3.05, 3.63) is 16.6 Å². The second-order valence-electron chi connectivity index (χ2n) is 1.86. The minimum absolute atomic E-state index is 0.275. The van der Waals surface area contributed by atoms with Gasteiger partial charge < -0.3 is 16.7 Å². The van der Waals surface area contributed by atoms with Gasteiger partial charge in [0.1, 0.15) is 0 Å². The highest BCUT2D eigenvalue weighted by Gasteiger charge is 2.28. The first-order chi connectivity index (χ1) is 5.54. The summed E-state index contributed by atoms with van der Waals surface area (Å²) in [4.78, 5) is 20.7. The molecule has 12 heavy (non-hydrogen) atoms. The van der Waals surface area contributed by atoms with Crippen molar-refractivity contribution >= 4 is 11.8 Å². The van der Waals surface area contributed by atoms with Gasteiger partial charge >= 0.3 is 5.69 Å². The Morgan fingerprint density at radius 1 is 1.42 bits per heavy atom. The van der Waals surface area contributed by atoms with Crippen LogP contribution in [-0.2, 0) is 0 Å². The Labute approximate surface area is 65.3 Å². The zero-order valence-electron chi connectivity index (χ0n) is 5.68. The summed E-state index contributed by atoms with van der Waals surface area (Å²) in [5.74, 6) is -2.18. The molecule has 0 saturated heterocycles. The third-order valence-electron chi connectivity index (χ3n) is 1.08. The van der Waals surface area contributed by atoms with E-state index in [-0.39, 0.29) is 4.90 Å². The van der Waals surface area contributed by atoms with Crippen molar-refractivity contribution in [2.75, 3.05) is 0 Å². The Bertz CT molecular complexity index is 343. The van der Waals surface area contributed by atoms with Crippen LogP contribution >= 0.6 is 0 Å². The van der Waals surface area contributed by atoms with Gasteiger partial charge in [-0.1, -0.05) is 0 Å². The highest BCUT2D eigenvalue weighted by Crippen LogP contribution is 1.97. The van der Waals surface area contributed by atoms with Crippen molar-refractivity contribution in [2.24, 2.45) is 11.5 Å². The average molecular weight is 172 g/mol. The zero-order valence-corrected chi connectivity index (χ0v) is 5.68. The van der Waals surface area contributed by atoms with Gasteiger partial charge in [0.15, 0.2) is 0 Å². The van der Waals surface area contributed by atoms with E-state index in [1.165, 1.54) is 0 Å². The lowest BCUT2D eigenvalue weighted by Crippen LogP contribution is -2.36. The number of aromatic nitrogens is 2. The summed E-state index contributed by atoms with van der Waals surface area (Å²) in [7, 11) is 0. The molecule has 1 heterocycles. The minimum atomic E-state index is -1.12. The third kappa shape index (κ3) is 1.05. The van der Waals surface area contributed by atoms with Gasteiger partial charge in [0.05, 0.1) is 5.16 Å². The SMILES string of the molecule is NC(=O)c1no[n+]([O-])c1C(N)=O. The summed E-state index contributed by atoms with van der Waals surface area (Å²) in [6.07, 6.45) is 0. The Kier molecular flexibility index (Phi) is 1.66. The molecule has 0 saturated carbocycles. The number of nitrogens with zero attached hydrogens (tertiary/aromatic N) is 2. The molecule has 2 amide bonds. The van der Waals surface area contributed by atoms with Gasteiger partial charge in [0.25, 0.3) is 17.5 Å². The Morgan fingerprint density at radius 2 is 2.00 bits per heavy atom. The first-order valence-electron chi connectivity index (χ1n) is 2.73. The molecule has 0 unspecified atom stereocenters. The van der Waals surface area contributed by atoms with Crippen LogP contribution in [0.3, 0.4) is 0 Å². The van der Waals surface area contributed by atoms with Gasteiger partial charge in [0, 0.05) is 0 Å². The predicted octanol–water partition coefficient (Wildman–Crippen LogP) is -2.49. The first kappa shape index (κ1) is 7.98. The molecule has 0 fully saturated rings. The van der Waals surface area contributed by atoms with Gasteiger partial charge in [-0.25, -0.2) is 0 Å². The molecule has 0 atom stereocenters. The molecule has 0 aliphatic carbocycles. The van der Waals surface area contributed by atoms with E-state index >= 15 is 0 Å². The molecule has 0 bridgehead atoms. The van der Waals surface area contributed by atoms with Crippen LogP contribution in [0.25, 0.3) is 0 Å². The largest absolute Gasteiger partial charge is 0.362 e. The Morgan fingerprint density at radius 3 is 2.33 bits per heavy atom. The van der Waals surface area contributed by atoms with Crippen molar-refractivity contribution in [1.82, 2.24) is 5.16 Å². The number of hydrogen-bond donors (Lipinski definition) is 2. The molecule has 0 radical (unpaired) electrons. The van der Waals surface area contributed by atoms with Crippen molar-refractivity contribution in [1.29, 1.82) is 0 Å². The number of nitrogens with two attached hydrogens (primary N) is 2. The van der Waals surface area contributed by atoms with E-state index in [9.17, 15) is 14.8 Å². The monoisotopic (exact) mass is 172 g/mol. The number of primary amides is 2. The van der Waals surface area contributed by atoms with E-state index in [1.54, 1.807) is 0 Å². The summed E-state index contributed by atoms with van der Waals surface area (Å²) >= 11 is 0. The molecule has 8 heteroatoms. The summed E-state index contributed by atoms with van der Waals surface area (Å²) < 4.78 is 3.93. The number of carbonyl (C=O) groups is 2. The molecule has 64 valence electrons. The Hall–Kier alpha value is -2.12. The van der Waals surface area contributed by atoms with Crippen LogP contribution < -0.4 is 16.4 Å². The molecule has 8 nitrogen and oxygen atoms in total. The average Bonchev–Trinajstić information content (AvgIpc) is 2.30. The molecule has 4 N–H and O–H groups in total. The van der Waals surface area contributed by atoms with E-state index in [0.717, 1.165) is 0 Å². The second kappa shape index (κ2) is 2.49. The van der Waals surface area contributed by atoms with Crippen LogP contribution in [0, 0.1) is 5.21 Å². The fourth-order valence-electron chi connectivity index (χ4n) is 0.617. The van der Waals surface area contributed by atoms with E-state index in [0.29, 0.717) is 0 Å². The quantitative estimate of drug-likeness (QED) is 0.474. The topological polar surface area (TPSA) is 139 Å². The number of rotatable bonds is 2. The van der Waals surface area contributed by atoms with Crippen molar-refractivity contribution < 1.29 is 19.1 Å². The number of carbonyl (C=O) groups excluding carboxylic acids is 2. The maximum atomic E-state index is 10.6. The molecule has 0 aromatic carbocycles. The summed E-state index contributed by atoms with van der Waals surface area (Å²) in [5.41, 5.74) is 8.21. The third-order valence-corrected chi connectivity index (χ3v) is 1.08. The zero-order chi connectivity index (χ0) is 9.30. The maximum absolute atomic E-state index is 10.6. The lowest BCUT2D eigenvalue weighted by Gasteiger charge is -1.88. The van der Waals surface area contributed by atoms with Crippen molar-refractivity contribution in [2.45, 2.75) is 0 Å². The Balaban J connectivity index is 3.31. The molecule has 1 rings (SSSR count). The lowest BCUT2D eigenvalue weighted by molar-refractivity contribution is -0.803. The highest BCUT2D eigenvalue weighted by atomic mass is 16.8. The molecule has 0 aliphatic rings. The van der Waals surface area contributed by atoms with Crippen LogP contribution in [0.15, 0.2) is 4.63 Å². The molecule has 1 aromatic heterocycles. The summed E-state index contributed by atoms with van der Waals surface area (Å²) in [6.45, 7) is 0. The van der Waals surface area contributed by atoms with E-state index in [2.05, 4.69) is 9.79 Å². The predicted molar refractivity (Wildman–Crippen MR) is 32.5 cm³/mol. The maximum Gasteiger partial charge on any atom is 0.318 e. The van der Waals surface area contributed by atoms with Gasteiger partial charge in [0.2, 0.25) is 0 Å². The van der Waals surface area contributed by atoms with Gasteiger partial charge in [-0.05, 0) is 4.90 Å². The van der Waals surface area contributed by atoms with E-state index < -0.39 is 23.2 Å². The molecular weight excluding hydrogens is 168 g/mol. The van der Waals surface area contributed by atoms with Crippen molar-refractivity contribution in [3.8, 4) is 0 Å². The van der Waals surface area contributed by atoms with Crippen LogP contribution in [0.4, 0.5) is 0 Å². The molecule has 0 aliphatic heterocycles. The second-order valence-corrected chi connectivity index (χ2v) is 1.86. The lowest BCUT2D eigenvalue weighted by atomic mass is 10.3. The normalized spacial score (nSPS) is 9.67. The molecule has 1 aromatic rings. The molecular formula is C4H4N4O4. The fraction of sp³-hybridized carbons (Fsp3) is 0. The van der Waals surface area contributed by atoms with E-state index in [4.69, 9.17) is 11.5 Å². The van der Waals surface area contributed by atoms with Gasteiger partial charge in [-0.15, -0.1) is 0 Å². The summed E-state index contributed by atoms with van der Waals surface area (Å²) in [5, 5.41) is 13.5. The van der Waals surface area contributed by atoms with Crippen LogP contribution in [0.2, 0.25) is 0 Å². The minimum Gasteiger partial charge on any atom is -0.362 e. The smallest absolute Gasteiger partial charge is 0.318 e. The standard InChI is InChI=1S/C4H4N4O4/c5-3(9)1-2(4(6)10)8(11)12-7-1/h(H2,5,9)(H2,6,10). The fourth-order valence-corrected chi connectivity index (χ4v) is 0.617. The van der Waals surface area contributed by atoms with Crippen molar-refractivity contribution in [3.63, 3.8) is 0 Å². The number of hydrogen-bond acceptors (Lipinski definition) is 5. The van der Waals surface area contributed by atoms with Gasteiger partial charge in [-0.2, -0.15) is 0 Å². The number of amides is 2. The van der Waals surface area contributed by atoms with Crippen LogP contribution in [-0.4, -0.2) is 17.0 Å². The van der Waals surface area contributed by atoms with E-state index in [1.807, 2.05) is 0 Å². The summed E-state index contributed by atoms with van der Waals surface area (Å²) in [6, 6.07) is 0. The van der Waals surface area contributed by atoms with Gasteiger partial charge in [-0.3, -0.25) is 14.2 Å². The van der Waals surface area contributed by atoms with Crippen LogP contribution in [0.5, 0.6) is 0 Å². The highest BCUT2D eigenvalue weighted by molar-refractivity contribution is 6.02. The molecule has 0 spiro atoms. The van der Waals surface area contributed by atoms with Crippen LogP contribution in [0.1, 0.15) is 21.0 Å². The first-order valence-corrected chi connectivity index (χ1v) is 2.73.